The van der Waals surface area contributed by atoms with E-state index < -0.39 is 0 Å². The standard InChI is InChI=1S/C14H25N3O2/c1-12(18)16-7-4-8-17(10-9-16)13(19)11-14(15)5-2-3-6-14/h2-11,15H2,1H3. The second-order valence-corrected chi connectivity index (χ2v) is 5.99. The molecule has 5 nitrogen and oxygen atoms in total. The summed E-state index contributed by atoms with van der Waals surface area (Å²) in [6.07, 6.45) is 5.54. The molecule has 19 heavy (non-hydrogen) atoms. The zero-order valence-electron chi connectivity index (χ0n) is 11.9. The van der Waals surface area contributed by atoms with Gasteiger partial charge in [0.1, 0.15) is 0 Å². The zero-order chi connectivity index (χ0) is 13.9. The topological polar surface area (TPSA) is 66.6 Å². The van der Waals surface area contributed by atoms with Gasteiger partial charge in [-0.25, -0.2) is 0 Å². The van der Waals surface area contributed by atoms with Crippen LogP contribution in [0.3, 0.4) is 0 Å². The van der Waals surface area contributed by atoms with Gasteiger partial charge in [-0.3, -0.25) is 9.59 Å². The van der Waals surface area contributed by atoms with Crippen LogP contribution in [-0.4, -0.2) is 53.3 Å². The van der Waals surface area contributed by atoms with E-state index in [1.165, 1.54) is 0 Å². The number of hydrogen-bond acceptors (Lipinski definition) is 3. The highest BCUT2D eigenvalue weighted by atomic mass is 16.2. The van der Waals surface area contributed by atoms with Crippen molar-refractivity contribution >= 4 is 11.8 Å². The maximum Gasteiger partial charge on any atom is 0.224 e. The minimum atomic E-state index is -0.274. The van der Waals surface area contributed by atoms with E-state index in [0.29, 0.717) is 19.5 Å². The van der Waals surface area contributed by atoms with Crippen LogP contribution in [0.4, 0.5) is 0 Å². The number of amides is 2. The molecule has 2 aliphatic rings. The Balaban J connectivity index is 1.87. The van der Waals surface area contributed by atoms with Crippen molar-refractivity contribution in [3.05, 3.63) is 0 Å². The van der Waals surface area contributed by atoms with Gasteiger partial charge in [0.25, 0.3) is 0 Å². The first kappa shape index (κ1) is 14.3. The molecule has 1 aliphatic heterocycles. The molecule has 1 aliphatic carbocycles. The maximum absolute atomic E-state index is 12.3. The molecule has 2 N–H and O–H groups in total. The molecule has 0 bridgehead atoms. The highest BCUT2D eigenvalue weighted by Crippen LogP contribution is 2.30. The Hall–Kier alpha value is -1.10. The van der Waals surface area contributed by atoms with Crippen molar-refractivity contribution in [3.8, 4) is 0 Å². The second kappa shape index (κ2) is 5.90. The van der Waals surface area contributed by atoms with Crippen LogP contribution in [0.2, 0.25) is 0 Å². The van der Waals surface area contributed by atoms with E-state index in [1.54, 1.807) is 6.92 Å². The molecular weight excluding hydrogens is 242 g/mol. The summed E-state index contributed by atoms with van der Waals surface area (Å²) >= 11 is 0. The first-order valence-electron chi connectivity index (χ1n) is 7.32. The van der Waals surface area contributed by atoms with E-state index in [2.05, 4.69) is 0 Å². The Bertz CT molecular complexity index is 351. The van der Waals surface area contributed by atoms with Crippen molar-refractivity contribution in [2.45, 2.75) is 51.0 Å². The van der Waals surface area contributed by atoms with Gasteiger partial charge >= 0.3 is 0 Å². The molecule has 108 valence electrons. The average Bonchev–Trinajstić information content (AvgIpc) is 2.65. The molecule has 2 amide bonds. The van der Waals surface area contributed by atoms with Gasteiger partial charge in [0, 0.05) is 45.1 Å². The van der Waals surface area contributed by atoms with Gasteiger partial charge < -0.3 is 15.5 Å². The first-order chi connectivity index (χ1) is 9.00. The van der Waals surface area contributed by atoms with Crippen LogP contribution in [0.15, 0.2) is 0 Å². The fraction of sp³-hybridized carbons (Fsp3) is 0.857. The summed E-state index contributed by atoms with van der Waals surface area (Å²) in [6, 6.07) is 0. The molecule has 1 saturated heterocycles. The Morgan fingerprint density at radius 1 is 1.00 bits per heavy atom. The van der Waals surface area contributed by atoms with Crippen molar-refractivity contribution in [2.75, 3.05) is 26.2 Å². The largest absolute Gasteiger partial charge is 0.341 e. The molecule has 0 spiro atoms. The SMILES string of the molecule is CC(=O)N1CCCN(C(=O)CC2(N)CCCC2)CC1. The van der Waals surface area contributed by atoms with Crippen molar-refractivity contribution in [3.63, 3.8) is 0 Å². The molecule has 0 unspecified atom stereocenters. The Labute approximate surface area is 115 Å². The van der Waals surface area contributed by atoms with Crippen LogP contribution in [0, 0.1) is 0 Å². The van der Waals surface area contributed by atoms with Crippen molar-refractivity contribution in [1.82, 2.24) is 9.80 Å². The van der Waals surface area contributed by atoms with E-state index in [0.717, 1.165) is 45.2 Å². The van der Waals surface area contributed by atoms with Crippen LogP contribution in [-0.2, 0) is 9.59 Å². The number of rotatable bonds is 2. The van der Waals surface area contributed by atoms with E-state index in [1.807, 2.05) is 9.80 Å². The van der Waals surface area contributed by atoms with Crippen LogP contribution < -0.4 is 5.73 Å². The van der Waals surface area contributed by atoms with Gasteiger partial charge in [-0.05, 0) is 19.3 Å². The second-order valence-electron chi connectivity index (χ2n) is 5.99. The number of carbonyl (C=O) groups excluding carboxylic acids is 2. The summed E-state index contributed by atoms with van der Waals surface area (Å²) in [5.74, 6) is 0.259. The molecule has 0 aromatic carbocycles. The van der Waals surface area contributed by atoms with Crippen LogP contribution in [0.5, 0.6) is 0 Å². The molecule has 0 aromatic heterocycles. The summed E-state index contributed by atoms with van der Waals surface area (Å²) in [6.45, 7) is 4.39. The lowest BCUT2D eigenvalue weighted by Gasteiger charge is -2.28. The normalized spacial score (nSPS) is 23.3. The molecule has 1 saturated carbocycles. The summed E-state index contributed by atoms with van der Waals surface area (Å²) in [4.78, 5) is 27.4. The van der Waals surface area contributed by atoms with Crippen LogP contribution >= 0.6 is 0 Å². The van der Waals surface area contributed by atoms with E-state index in [4.69, 9.17) is 5.73 Å². The van der Waals surface area contributed by atoms with E-state index in [-0.39, 0.29) is 17.4 Å². The maximum atomic E-state index is 12.3. The highest BCUT2D eigenvalue weighted by molar-refractivity contribution is 5.78. The number of nitrogens with zero attached hydrogens (tertiary/aromatic N) is 2. The van der Waals surface area contributed by atoms with E-state index >= 15 is 0 Å². The van der Waals surface area contributed by atoms with Crippen LogP contribution in [0.25, 0.3) is 0 Å². The van der Waals surface area contributed by atoms with Crippen molar-refractivity contribution < 1.29 is 9.59 Å². The monoisotopic (exact) mass is 267 g/mol. The van der Waals surface area contributed by atoms with Gasteiger partial charge in [-0.2, -0.15) is 0 Å². The third-order valence-electron chi connectivity index (χ3n) is 4.40. The Kier molecular flexibility index (Phi) is 4.45. The first-order valence-corrected chi connectivity index (χ1v) is 7.32. The molecule has 2 fully saturated rings. The third kappa shape index (κ3) is 3.69. The average molecular weight is 267 g/mol. The molecular formula is C14H25N3O2. The van der Waals surface area contributed by atoms with Gasteiger partial charge in [0.05, 0.1) is 0 Å². The fourth-order valence-electron chi connectivity index (χ4n) is 3.15. The summed E-state index contributed by atoms with van der Waals surface area (Å²) in [5.41, 5.74) is 6.00. The lowest BCUT2D eigenvalue weighted by Crippen LogP contribution is -2.44. The van der Waals surface area contributed by atoms with Crippen LogP contribution in [0.1, 0.15) is 45.4 Å². The van der Waals surface area contributed by atoms with Gasteiger partial charge in [0.15, 0.2) is 0 Å². The Morgan fingerprint density at radius 2 is 1.58 bits per heavy atom. The van der Waals surface area contributed by atoms with E-state index in [9.17, 15) is 9.59 Å². The molecule has 0 aromatic rings. The molecule has 0 atom stereocenters. The van der Waals surface area contributed by atoms with Gasteiger partial charge in [0.2, 0.25) is 11.8 Å². The minimum Gasteiger partial charge on any atom is -0.341 e. The summed E-state index contributed by atoms with van der Waals surface area (Å²) in [7, 11) is 0. The fourth-order valence-corrected chi connectivity index (χ4v) is 3.15. The quantitative estimate of drug-likeness (QED) is 0.802. The molecule has 0 radical (unpaired) electrons. The lowest BCUT2D eigenvalue weighted by molar-refractivity contribution is -0.133. The Morgan fingerprint density at radius 3 is 2.21 bits per heavy atom. The molecule has 2 rings (SSSR count). The van der Waals surface area contributed by atoms with Gasteiger partial charge in [-0.1, -0.05) is 12.8 Å². The number of hydrogen-bond donors (Lipinski definition) is 1. The lowest BCUT2D eigenvalue weighted by atomic mass is 9.94. The molecule has 5 heteroatoms. The number of carbonyl (C=O) groups is 2. The highest BCUT2D eigenvalue weighted by Gasteiger charge is 2.33. The van der Waals surface area contributed by atoms with Crippen molar-refractivity contribution in [1.29, 1.82) is 0 Å². The number of nitrogens with two attached hydrogens (primary N) is 1. The predicted molar refractivity (Wildman–Crippen MR) is 73.5 cm³/mol. The third-order valence-corrected chi connectivity index (χ3v) is 4.40. The predicted octanol–water partition coefficient (Wildman–Crippen LogP) is 0.729. The van der Waals surface area contributed by atoms with Crippen molar-refractivity contribution in [2.24, 2.45) is 5.73 Å². The summed E-state index contributed by atoms with van der Waals surface area (Å²) in [5, 5.41) is 0. The minimum absolute atomic E-state index is 0.0976. The summed E-state index contributed by atoms with van der Waals surface area (Å²) < 4.78 is 0. The smallest absolute Gasteiger partial charge is 0.224 e. The zero-order valence-corrected chi connectivity index (χ0v) is 11.9. The molecule has 1 heterocycles. The van der Waals surface area contributed by atoms with Gasteiger partial charge in [-0.15, -0.1) is 0 Å².